The zero-order valence-electron chi connectivity index (χ0n) is 11.8. The Bertz CT molecular complexity index is 604. The quantitative estimate of drug-likeness (QED) is 0.658. The number of nitriles is 1. The van der Waals surface area contributed by atoms with Gasteiger partial charge in [-0.2, -0.15) is 5.26 Å². The molecule has 1 aromatic carbocycles. The molecule has 0 bridgehead atoms. The minimum Gasteiger partial charge on any atom is -0.382 e. The fourth-order valence-corrected chi connectivity index (χ4v) is 3.37. The van der Waals surface area contributed by atoms with Gasteiger partial charge in [-0.1, -0.05) is 0 Å². The Kier molecular flexibility index (Phi) is 3.52. The number of benzene rings is 1. The molecule has 1 heterocycles. The van der Waals surface area contributed by atoms with Crippen LogP contribution in [0.25, 0.3) is 0 Å². The Labute approximate surface area is 123 Å². The van der Waals surface area contributed by atoms with Crippen molar-refractivity contribution >= 4 is 11.4 Å². The van der Waals surface area contributed by atoms with Crippen LogP contribution in [0.2, 0.25) is 0 Å². The third-order valence-electron chi connectivity index (χ3n) is 4.63. The third-order valence-corrected chi connectivity index (χ3v) is 4.63. The van der Waals surface area contributed by atoms with Crippen LogP contribution >= 0.6 is 0 Å². The van der Waals surface area contributed by atoms with Crippen LogP contribution in [0.15, 0.2) is 18.2 Å². The molecule has 1 saturated carbocycles. The van der Waals surface area contributed by atoms with E-state index in [1.54, 1.807) is 6.07 Å². The number of nitro benzene ring substituents is 1. The van der Waals surface area contributed by atoms with Gasteiger partial charge < -0.3 is 10.6 Å². The van der Waals surface area contributed by atoms with E-state index in [4.69, 9.17) is 5.26 Å². The van der Waals surface area contributed by atoms with E-state index in [9.17, 15) is 10.1 Å². The van der Waals surface area contributed by atoms with E-state index >= 15 is 0 Å². The number of rotatable bonds is 3. The predicted molar refractivity (Wildman–Crippen MR) is 79.0 cm³/mol. The average molecular weight is 286 g/mol. The van der Waals surface area contributed by atoms with Crippen molar-refractivity contribution in [2.24, 2.45) is 0 Å². The lowest BCUT2D eigenvalue weighted by atomic mass is 9.70. The molecular weight excluding hydrogens is 268 g/mol. The van der Waals surface area contributed by atoms with E-state index in [1.807, 2.05) is 6.07 Å². The zero-order chi connectivity index (χ0) is 14.9. The summed E-state index contributed by atoms with van der Waals surface area (Å²) in [7, 11) is 0. The summed E-state index contributed by atoms with van der Waals surface area (Å²) in [5.41, 5.74) is 0.984. The molecular formula is C15H18N4O2. The molecule has 6 heteroatoms. The van der Waals surface area contributed by atoms with Crippen LogP contribution in [0.3, 0.4) is 0 Å². The number of hydrogen-bond acceptors (Lipinski definition) is 5. The standard InChI is InChI=1S/C15H18N4O2/c16-10-11-2-3-12(8-14(11)19(20)21)18-13-4-7-17-15(9-13)5-1-6-15/h2-3,8,13,17-18H,1,4-7,9H2. The van der Waals surface area contributed by atoms with Gasteiger partial charge in [0.15, 0.2) is 0 Å². The molecule has 0 radical (unpaired) electrons. The minimum absolute atomic E-state index is 0.103. The SMILES string of the molecule is N#Cc1ccc(NC2CCNC3(CCC3)C2)cc1[N+](=O)[O-]. The molecule has 1 aliphatic heterocycles. The highest BCUT2D eigenvalue weighted by Crippen LogP contribution is 2.39. The van der Waals surface area contributed by atoms with E-state index in [0.29, 0.717) is 6.04 Å². The van der Waals surface area contributed by atoms with Crippen molar-refractivity contribution in [1.82, 2.24) is 5.32 Å². The van der Waals surface area contributed by atoms with Crippen molar-refractivity contribution < 1.29 is 4.92 Å². The third kappa shape index (κ3) is 2.69. The van der Waals surface area contributed by atoms with Crippen LogP contribution in [0.1, 0.15) is 37.7 Å². The summed E-state index contributed by atoms with van der Waals surface area (Å²) in [5, 5.41) is 26.9. The van der Waals surface area contributed by atoms with Crippen LogP contribution in [-0.2, 0) is 0 Å². The number of nitrogens with one attached hydrogen (secondary N) is 2. The normalized spacial score (nSPS) is 23.1. The molecule has 2 aliphatic rings. The minimum atomic E-state index is -0.500. The van der Waals surface area contributed by atoms with Gasteiger partial charge in [0, 0.05) is 23.3 Å². The Morgan fingerprint density at radius 1 is 1.48 bits per heavy atom. The van der Waals surface area contributed by atoms with E-state index < -0.39 is 4.92 Å². The van der Waals surface area contributed by atoms with Gasteiger partial charge in [-0.05, 0) is 50.8 Å². The molecule has 0 aromatic heterocycles. The Balaban J connectivity index is 1.74. The lowest BCUT2D eigenvalue weighted by Crippen LogP contribution is -2.58. The molecule has 1 spiro atoms. The highest BCUT2D eigenvalue weighted by molar-refractivity contribution is 5.59. The predicted octanol–water partition coefficient (Wildman–Crippen LogP) is 2.55. The van der Waals surface area contributed by atoms with Gasteiger partial charge in [-0.15, -0.1) is 0 Å². The van der Waals surface area contributed by atoms with E-state index in [2.05, 4.69) is 10.6 Å². The number of piperidine rings is 1. The Hall–Kier alpha value is -2.13. The van der Waals surface area contributed by atoms with Crippen molar-refractivity contribution in [3.63, 3.8) is 0 Å². The molecule has 3 rings (SSSR count). The van der Waals surface area contributed by atoms with Crippen LogP contribution in [0.4, 0.5) is 11.4 Å². The zero-order valence-corrected chi connectivity index (χ0v) is 11.8. The van der Waals surface area contributed by atoms with Crippen molar-refractivity contribution in [2.45, 2.75) is 43.7 Å². The lowest BCUT2D eigenvalue weighted by Gasteiger charge is -2.48. The van der Waals surface area contributed by atoms with Gasteiger partial charge in [0.05, 0.1) is 4.92 Å². The van der Waals surface area contributed by atoms with Gasteiger partial charge in [0.1, 0.15) is 11.6 Å². The summed E-state index contributed by atoms with van der Waals surface area (Å²) in [6.45, 7) is 0.982. The molecule has 1 atom stereocenters. The highest BCUT2D eigenvalue weighted by Gasteiger charge is 2.40. The number of hydrogen-bond donors (Lipinski definition) is 2. The molecule has 2 N–H and O–H groups in total. The summed E-state index contributed by atoms with van der Waals surface area (Å²) in [4.78, 5) is 10.5. The maximum absolute atomic E-state index is 11.0. The first-order valence-electron chi connectivity index (χ1n) is 7.32. The Morgan fingerprint density at radius 2 is 2.29 bits per heavy atom. The molecule has 2 fully saturated rings. The molecule has 110 valence electrons. The fraction of sp³-hybridized carbons (Fsp3) is 0.533. The maximum Gasteiger partial charge on any atom is 0.289 e. The molecule has 6 nitrogen and oxygen atoms in total. The first-order valence-corrected chi connectivity index (χ1v) is 7.32. The Morgan fingerprint density at radius 3 is 2.90 bits per heavy atom. The number of nitro groups is 1. The van der Waals surface area contributed by atoms with Crippen LogP contribution < -0.4 is 10.6 Å². The summed E-state index contributed by atoms with van der Waals surface area (Å²) < 4.78 is 0. The molecule has 1 aliphatic carbocycles. The smallest absolute Gasteiger partial charge is 0.289 e. The summed E-state index contributed by atoms with van der Waals surface area (Å²) in [5.74, 6) is 0. The van der Waals surface area contributed by atoms with Gasteiger partial charge >= 0.3 is 0 Å². The van der Waals surface area contributed by atoms with E-state index in [0.717, 1.165) is 25.1 Å². The van der Waals surface area contributed by atoms with Gasteiger partial charge in [-0.25, -0.2) is 0 Å². The van der Waals surface area contributed by atoms with Crippen molar-refractivity contribution in [3.05, 3.63) is 33.9 Å². The van der Waals surface area contributed by atoms with Crippen LogP contribution in [0.5, 0.6) is 0 Å². The second-order valence-corrected chi connectivity index (χ2v) is 6.00. The molecule has 1 saturated heterocycles. The van der Waals surface area contributed by atoms with Crippen LogP contribution in [0, 0.1) is 21.4 Å². The van der Waals surface area contributed by atoms with Crippen molar-refractivity contribution in [1.29, 1.82) is 5.26 Å². The average Bonchev–Trinajstić information content (AvgIpc) is 2.46. The van der Waals surface area contributed by atoms with Crippen LogP contribution in [-0.4, -0.2) is 23.0 Å². The molecule has 1 unspecified atom stereocenters. The largest absolute Gasteiger partial charge is 0.382 e. The maximum atomic E-state index is 11.0. The molecule has 1 aromatic rings. The van der Waals surface area contributed by atoms with Crippen molar-refractivity contribution in [2.75, 3.05) is 11.9 Å². The molecule has 21 heavy (non-hydrogen) atoms. The number of anilines is 1. The van der Waals surface area contributed by atoms with Crippen molar-refractivity contribution in [3.8, 4) is 6.07 Å². The summed E-state index contributed by atoms with van der Waals surface area (Å²) in [6, 6.07) is 6.92. The van der Waals surface area contributed by atoms with E-state index in [-0.39, 0.29) is 16.8 Å². The van der Waals surface area contributed by atoms with E-state index in [1.165, 1.54) is 31.4 Å². The summed E-state index contributed by atoms with van der Waals surface area (Å²) in [6.07, 6.45) is 5.79. The first-order chi connectivity index (χ1) is 10.1. The second kappa shape index (κ2) is 5.34. The lowest BCUT2D eigenvalue weighted by molar-refractivity contribution is -0.385. The highest BCUT2D eigenvalue weighted by atomic mass is 16.6. The summed E-state index contributed by atoms with van der Waals surface area (Å²) >= 11 is 0. The first kappa shape index (κ1) is 13.8. The fourth-order valence-electron chi connectivity index (χ4n) is 3.37. The molecule has 0 amide bonds. The topological polar surface area (TPSA) is 91.0 Å². The second-order valence-electron chi connectivity index (χ2n) is 6.00. The monoisotopic (exact) mass is 286 g/mol. The van der Waals surface area contributed by atoms with Gasteiger partial charge in [0.2, 0.25) is 0 Å². The number of nitrogens with zero attached hydrogens (tertiary/aromatic N) is 2. The van der Waals surface area contributed by atoms with Gasteiger partial charge in [-0.3, -0.25) is 10.1 Å². The van der Waals surface area contributed by atoms with Gasteiger partial charge in [0.25, 0.3) is 5.69 Å².